The lowest BCUT2D eigenvalue weighted by Gasteiger charge is -2.39. The number of nitrogens with zero attached hydrogens (tertiary/aromatic N) is 2. The molecule has 1 saturated heterocycles. The van der Waals surface area contributed by atoms with E-state index in [1.165, 1.54) is 12.7 Å². The number of piperazine rings is 1. The lowest BCUT2D eigenvalue weighted by Crippen LogP contribution is -2.58. The second-order valence-corrected chi connectivity index (χ2v) is 5.93. The van der Waals surface area contributed by atoms with Gasteiger partial charge < -0.3 is 14.5 Å². The summed E-state index contributed by atoms with van der Waals surface area (Å²) in [5.41, 5.74) is 2.14. The van der Waals surface area contributed by atoms with E-state index in [9.17, 15) is 9.59 Å². The molecular weight excluding hydrogens is 280 g/mol. The molecular formula is C17H24N2O3. The third-order valence-corrected chi connectivity index (χ3v) is 4.12. The molecule has 2 amide bonds. The van der Waals surface area contributed by atoms with Crippen LogP contribution in [-0.2, 0) is 14.3 Å². The Morgan fingerprint density at radius 3 is 2.45 bits per heavy atom. The van der Waals surface area contributed by atoms with E-state index >= 15 is 0 Å². The molecule has 2 rings (SSSR count). The molecule has 0 unspecified atom stereocenters. The fraction of sp³-hybridized carbons (Fsp3) is 0.529. The molecule has 0 spiro atoms. The number of carbonyl (C=O) groups excluding carboxylic acids is 2. The molecule has 0 bridgehead atoms. The smallest absolute Gasteiger partial charge is 0.249 e. The fourth-order valence-corrected chi connectivity index (χ4v) is 2.71. The van der Waals surface area contributed by atoms with Crippen molar-refractivity contribution >= 4 is 17.5 Å². The highest BCUT2D eigenvalue weighted by Gasteiger charge is 2.34. The zero-order valence-corrected chi connectivity index (χ0v) is 13.7. The molecule has 1 aromatic rings. The minimum absolute atomic E-state index is 0.0146. The molecule has 1 aromatic carbocycles. The Bertz CT molecular complexity index is 539. The van der Waals surface area contributed by atoms with Crippen molar-refractivity contribution in [3.8, 4) is 0 Å². The van der Waals surface area contributed by atoms with Gasteiger partial charge in [-0.15, -0.1) is 0 Å². The van der Waals surface area contributed by atoms with Crippen LogP contribution in [0.2, 0.25) is 0 Å². The van der Waals surface area contributed by atoms with E-state index in [1.54, 1.807) is 16.7 Å². The van der Waals surface area contributed by atoms with E-state index in [0.29, 0.717) is 19.0 Å². The maximum atomic E-state index is 12.6. The molecule has 120 valence electrons. The quantitative estimate of drug-likeness (QED) is 0.855. The number of carbonyl (C=O) groups is 2. The summed E-state index contributed by atoms with van der Waals surface area (Å²) in [5, 5.41) is 0. The van der Waals surface area contributed by atoms with Crippen LogP contribution in [0.3, 0.4) is 0 Å². The predicted octanol–water partition coefficient (Wildman–Crippen LogP) is 2.02. The molecule has 1 aliphatic heterocycles. The summed E-state index contributed by atoms with van der Waals surface area (Å²) >= 11 is 0. The topological polar surface area (TPSA) is 49.9 Å². The van der Waals surface area contributed by atoms with E-state index in [1.807, 2.05) is 12.1 Å². The first-order valence-corrected chi connectivity index (χ1v) is 7.65. The van der Waals surface area contributed by atoms with Gasteiger partial charge in [-0.1, -0.05) is 26.0 Å². The number of anilines is 1. The summed E-state index contributed by atoms with van der Waals surface area (Å²) in [6, 6.07) is 7.61. The predicted molar refractivity (Wildman–Crippen MR) is 85.9 cm³/mol. The molecule has 5 nitrogen and oxygen atoms in total. The number of methoxy groups -OCH3 is 1. The van der Waals surface area contributed by atoms with Crippen molar-refractivity contribution in [2.75, 3.05) is 31.7 Å². The fourth-order valence-electron chi connectivity index (χ4n) is 2.71. The average Bonchev–Trinajstić information content (AvgIpc) is 2.50. The Morgan fingerprint density at radius 1 is 1.27 bits per heavy atom. The number of rotatable bonds is 4. The highest BCUT2D eigenvalue weighted by molar-refractivity contribution is 6.00. The molecule has 0 aromatic heterocycles. The standard InChI is InChI=1S/C17H24N2O3/c1-12(2)14-5-7-15(8-6-14)19-10-9-18(13(3)17(19)21)16(20)11-22-4/h5-8,12-13H,9-11H2,1-4H3/t13-/m0/s1. The van der Waals surface area contributed by atoms with E-state index in [0.717, 1.165) is 5.69 Å². The molecule has 0 N–H and O–H groups in total. The summed E-state index contributed by atoms with van der Waals surface area (Å²) in [7, 11) is 1.48. The van der Waals surface area contributed by atoms with Crippen LogP contribution in [0.15, 0.2) is 24.3 Å². The molecule has 22 heavy (non-hydrogen) atoms. The summed E-state index contributed by atoms with van der Waals surface area (Å²) in [6.45, 7) is 7.11. The SMILES string of the molecule is COCC(=O)N1CCN(c2ccc(C(C)C)cc2)C(=O)[C@@H]1C. The van der Waals surface area contributed by atoms with Gasteiger partial charge in [-0.2, -0.15) is 0 Å². The van der Waals surface area contributed by atoms with Gasteiger partial charge in [-0.25, -0.2) is 0 Å². The first-order valence-electron chi connectivity index (χ1n) is 7.65. The van der Waals surface area contributed by atoms with Crippen molar-refractivity contribution in [3.63, 3.8) is 0 Å². The monoisotopic (exact) mass is 304 g/mol. The van der Waals surface area contributed by atoms with E-state index in [2.05, 4.69) is 26.0 Å². The first-order chi connectivity index (χ1) is 10.5. The van der Waals surface area contributed by atoms with Crippen LogP contribution in [0.1, 0.15) is 32.3 Å². The zero-order valence-electron chi connectivity index (χ0n) is 13.7. The Morgan fingerprint density at radius 2 is 1.91 bits per heavy atom. The van der Waals surface area contributed by atoms with Crippen molar-refractivity contribution in [2.45, 2.75) is 32.7 Å². The zero-order chi connectivity index (χ0) is 16.3. The summed E-state index contributed by atoms with van der Waals surface area (Å²) in [5.74, 6) is 0.276. The van der Waals surface area contributed by atoms with Gasteiger partial charge in [0.25, 0.3) is 0 Å². The molecule has 0 radical (unpaired) electrons. The summed E-state index contributed by atoms with van der Waals surface area (Å²) < 4.78 is 4.87. The van der Waals surface area contributed by atoms with Crippen molar-refractivity contribution in [2.24, 2.45) is 0 Å². The molecule has 1 atom stereocenters. The lowest BCUT2D eigenvalue weighted by molar-refractivity contribution is -0.143. The normalized spacial score (nSPS) is 19.0. The Hall–Kier alpha value is -1.88. The summed E-state index contributed by atoms with van der Waals surface area (Å²) in [6.07, 6.45) is 0. The van der Waals surface area contributed by atoms with Crippen molar-refractivity contribution in [1.82, 2.24) is 4.90 Å². The number of hydrogen-bond acceptors (Lipinski definition) is 3. The Labute approximate surface area is 131 Å². The second-order valence-electron chi connectivity index (χ2n) is 5.93. The van der Waals surface area contributed by atoms with Crippen LogP contribution < -0.4 is 4.90 Å². The van der Waals surface area contributed by atoms with E-state index in [4.69, 9.17) is 4.74 Å². The van der Waals surface area contributed by atoms with Crippen LogP contribution in [0.5, 0.6) is 0 Å². The summed E-state index contributed by atoms with van der Waals surface area (Å²) in [4.78, 5) is 27.8. The van der Waals surface area contributed by atoms with Gasteiger partial charge in [0.05, 0.1) is 0 Å². The number of ether oxygens (including phenoxy) is 1. The maximum Gasteiger partial charge on any atom is 0.249 e. The maximum absolute atomic E-state index is 12.6. The van der Waals surface area contributed by atoms with E-state index in [-0.39, 0.29) is 18.4 Å². The van der Waals surface area contributed by atoms with Gasteiger partial charge in [-0.05, 0) is 30.5 Å². The van der Waals surface area contributed by atoms with Gasteiger partial charge >= 0.3 is 0 Å². The van der Waals surface area contributed by atoms with Gasteiger partial charge in [0.2, 0.25) is 11.8 Å². The third kappa shape index (κ3) is 3.30. The van der Waals surface area contributed by atoms with Crippen LogP contribution >= 0.6 is 0 Å². The van der Waals surface area contributed by atoms with Crippen molar-refractivity contribution in [1.29, 1.82) is 0 Å². The van der Waals surface area contributed by atoms with Crippen LogP contribution in [0.25, 0.3) is 0 Å². The number of amides is 2. The van der Waals surface area contributed by atoms with Gasteiger partial charge in [0.15, 0.2) is 0 Å². The number of hydrogen-bond donors (Lipinski definition) is 0. The van der Waals surface area contributed by atoms with Crippen molar-refractivity contribution < 1.29 is 14.3 Å². The van der Waals surface area contributed by atoms with Gasteiger partial charge in [-0.3, -0.25) is 9.59 Å². The second kappa shape index (κ2) is 6.92. The Kier molecular flexibility index (Phi) is 5.19. The van der Waals surface area contributed by atoms with Crippen LogP contribution in [-0.4, -0.2) is 49.6 Å². The molecule has 1 fully saturated rings. The largest absolute Gasteiger partial charge is 0.375 e. The molecule has 1 aliphatic rings. The van der Waals surface area contributed by atoms with E-state index < -0.39 is 6.04 Å². The average molecular weight is 304 g/mol. The highest BCUT2D eigenvalue weighted by atomic mass is 16.5. The highest BCUT2D eigenvalue weighted by Crippen LogP contribution is 2.23. The molecule has 0 saturated carbocycles. The first kappa shape index (κ1) is 16.5. The minimum Gasteiger partial charge on any atom is -0.375 e. The lowest BCUT2D eigenvalue weighted by atomic mass is 10.0. The Balaban J connectivity index is 2.12. The van der Waals surface area contributed by atoms with Gasteiger partial charge in [0.1, 0.15) is 12.6 Å². The van der Waals surface area contributed by atoms with Gasteiger partial charge in [0, 0.05) is 25.9 Å². The molecule has 5 heteroatoms. The van der Waals surface area contributed by atoms with Crippen LogP contribution in [0, 0.1) is 0 Å². The number of benzene rings is 1. The molecule has 0 aliphatic carbocycles. The molecule has 1 heterocycles. The van der Waals surface area contributed by atoms with Crippen LogP contribution in [0.4, 0.5) is 5.69 Å². The minimum atomic E-state index is -0.457. The van der Waals surface area contributed by atoms with Crippen molar-refractivity contribution in [3.05, 3.63) is 29.8 Å². The third-order valence-electron chi connectivity index (χ3n) is 4.12.